The Morgan fingerprint density at radius 2 is 2.36 bits per heavy atom. The van der Waals surface area contributed by atoms with Crippen LogP contribution in [0, 0.1) is 0 Å². The van der Waals surface area contributed by atoms with E-state index in [0.717, 1.165) is 13.0 Å². The molecule has 1 rings (SSSR count). The second-order valence-electron chi connectivity index (χ2n) is 2.62. The van der Waals surface area contributed by atoms with Crippen molar-refractivity contribution in [1.82, 2.24) is 5.32 Å². The molecule has 1 heterocycles. The van der Waals surface area contributed by atoms with E-state index in [4.69, 9.17) is 0 Å². The molecule has 0 aromatic heterocycles. The smallest absolute Gasteiger partial charge is 0.178 e. The number of allylic oxidation sites excluding steroid dienone is 2. The predicted molar refractivity (Wildman–Crippen MR) is 41.0 cm³/mol. The minimum atomic E-state index is -0.0808. The van der Waals surface area contributed by atoms with E-state index < -0.39 is 0 Å². The van der Waals surface area contributed by atoms with E-state index in [2.05, 4.69) is 5.32 Å². The van der Waals surface area contributed by atoms with Gasteiger partial charge in [-0.3, -0.25) is 9.59 Å². The van der Waals surface area contributed by atoms with E-state index in [9.17, 15) is 9.59 Å². The van der Waals surface area contributed by atoms with Gasteiger partial charge in [0.2, 0.25) is 0 Å². The van der Waals surface area contributed by atoms with Crippen molar-refractivity contribution in [2.45, 2.75) is 19.8 Å². The van der Waals surface area contributed by atoms with Crippen LogP contribution in [0.25, 0.3) is 0 Å². The summed E-state index contributed by atoms with van der Waals surface area (Å²) in [6.07, 6.45) is 2.79. The SMILES string of the molecule is CC(=O)/C=C1/NCCCC1=O. The first-order valence-electron chi connectivity index (χ1n) is 3.69. The molecular formula is C8H11NO2. The summed E-state index contributed by atoms with van der Waals surface area (Å²) in [6.45, 7) is 2.24. The second kappa shape index (κ2) is 3.32. The maximum Gasteiger partial charge on any atom is 0.178 e. The first-order chi connectivity index (χ1) is 5.20. The van der Waals surface area contributed by atoms with Gasteiger partial charge in [-0.1, -0.05) is 0 Å². The molecule has 1 fully saturated rings. The van der Waals surface area contributed by atoms with Crippen LogP contribution in [0.1, 0.15) is 19.8 Å². The van der Waals surface area contributed by atoms with Gasteiger partial charge < -0.3 is 5.32 Å². The number of piperidine rings is 1. The van der Waals surface area contributed by atoms with E-state index in [0.29, 0.717) is 12.1 Å². The van der Waals surface area contributed by atoms with E-state index in [-0.39, 0.29) is 11.6 Å². The fourth-order valence-corrected chi connectivity index (χ4v) is 1.04. The van der Waals surface area contributed by atoms with Crippen molar-refractivity contribution in [3.63, 3.8) is 0 Å². The van der Waals surface area contributed by atoms with E-state index in [1.807, 2.05) is 0 Å². The van der Waals surface area contributed by atoms with Crippen LogP contribution in [0.5, 0.6) is 0 Å². The number of rotatable bonds is 1. The van der Waals surface area contributed by atoms with Gasteiger partial charge in [-0.25, -0.2) is 0 Å². The number of ketones is 2. The van der Waals surface area contributed by atoms with Crippen LogP contribution in [0.2, 0.25) is 0 Å². The van der Waals surface area contributed by atoms with Gasteiger partial charge in [0, 0.05) is 19.0 Å². The standard InChI is InChI=1S/C8H11NO2/c1-6(10)5-7-8(11)3-2-4-9-7/h5,9H,2-4H2,1H3/b7-5+. The van der Waals surface area contributed by atoms with Crippen LogP contribution in [0.15, 0.2) is 11.8 Å². The van der Waals surface area contributed by atoms with Crippen molar-refractivity contribution >= 4 is 11.6 Å². The van der Waals surface area contributed by atoms with Crippen LogP contribution >= 0.6 is 0 Å². The highest BCUT2D eigenvalue weighted by Gasteiger charge is 2.13. The predicted octanol–water partition coefficient (Wildman–Crippen LogP) is 0.412. The molecule has 1 saturated heterocycles. The van der Waals surface area contributed by atoms with Gasteiger partial charge in [0.1, 0.15) is 0 Å². The molecule has 0 spiro atoms. The van der Waals surface area contributed by atoms with E-state index in [1.54, 1.807) is 0 Å². The molecule has 0 aromatic carbocycles. The molecule has 0 aromatic rings. The highest BCUT2D eigenvalue weighted by Crippen LogP contribution is 2.05. The third kappa shape index (κ3) is 2.18. The Labute approximate surface area is 65.5 Å². The monoisotopic (exact) mass is 153 g/mol. The summed E-state index contributed by atoms with van der Waals surface area (Å²) in [5.41, 5.74) is 0.476. The average molecular weight is 153 g/mol. The molecule has 11 heavy (non-hydrogen) atoms. The summed E-state index contributed by atoms with van der Waals surface area (Å²) >= 11 is 0. The van der Waals surface area contributed by atoms with Gasteiger partial charge in [0.15, 0.2) is 11.6 Å². The third-order valence-electron chi connectivity index (χ3n) is 1.54. The normalized spacial score (nSPS) is 21.5. The summed E-state index contributed by atoms with van der Waals surface area (Å²) in [7, 11) is 0. The molecule has 1 aliphatic heterocycles. The number of nitrogens with one attached hydrogen (secondary N) is 1. The van der Waals surface area contributed by atoms with E-state index >= 15 is 0 Å². The van der Waals surface area contributed by atoms with Crippen molar-refractivity contribution in [2.24, 2.45) is 0 Å². The Bertz CT molecular complexity index is 218. The highest BCUT2D eigenvalue weighted by molar-refractivity contribution is 6.02. The van der Waals surface area contributed by atoms with Crippen molar-refractivity contribution in [1.29, 1.82) is 0 Å². The topological polar surface area (TPSA) is 46.2 Å². The molecule has 0 aliphatic carbocycles. The number of carbonyl (C=O) groups excluding carboxylic acids is 2. The molecule has 0 atom stereocenters. The zero-order valence-corrected chi connectivity index (χ0v) is 6.52. The first-order valence-corrected chi connectivity index (χ1v) is 3.69. The van der Waals surface area contributed by atoms with E-state index in [1.165, 1.54) is 13.0 Å². The van der Waals surface area contributed by atoms with Crippen LogP contribution in [-0.2, 0) is 9.59 Å². The Morgan fingerprint density at radius 3 is 2.91 bits per heavy atom. The molecule has 3 nitrogen and oxygen atoms in total. The maximum absolute atomic E-state index is 11.0. The van der Waals surface area contributed by atoms with Gasteiger partial charge in [0.05, 0.1) is 5.70 Å². The Hall–Kier alpha value is -1.12. The number of hydrogen-bond donors (Lipinski definition) is 1. The lowest BCUT2D eigenvalue weighted by molar-refractivity contribution is -0.117. The quantitative estimate of drug-likeness (QED) is 0.555. The van der Waals surface area contributed by atoms with Gasteiger partial charge in [0.25, 0.3) is 0 Å². The Morgan fingerprint density at radius 1 is 1.64 bits per heavy atom. The third-order valence-corrected chi connectivity index (χ3v) is 1.54. The zero-order chi connectivity index (χ0) is 8.27. The molecule has 0 bridgehead atoms. The van der Waals surface area contributed by atoms with Crippen molar-refractivity contribution < 1.29 is 9.59 Å². The van der Waals surface area contributed by atoms with Crippen molar-refractivity contribution in [2.75, 3.05) is 6.54 Å². The second-order valence-corrected chi connectivity index (χ2v) is 2.62. The molecule has 1 N–H and O–H groups in total. The van der Waals surface area contributed by atoms with Crippen LogP contribution < -0.4 is 5.32 Å². The van der Waals surface area contributed by atoms with Crippen LogP contribution in [-0.4, -0.2) is 18.1 Å². The molecule has 0 radical (unpaired) electrons. The van der Waals surface area contributed by atoms with Gasteiger partial charge in [-0.2, -0.15) is 0 Å². The fourth-order valence-electron chi connectivity index (χ4n) is 1.04. The lowest BCUT2D eigenvalue weighted by Crippen LogP contribution is -2.28. The molecule has 3 heteroatoms. The molecule has 0 saturated carbocycles. The van der Waals surface area contributed by atoms with Crippen LogP contribution in [0.3, 0.4) is 0 Å². The Kier molecular flexibility index (Phi) is 2.41. The Balaban J connectivity index is 2.68. The number of Topliss-reactive ketones (excluding diaryl/α,β-unsaturated/α-hetero) is 1. The lowest BCUT2D eigenvalue weighted by atomic mass is 10.1. The first kappa shape index (κ1) is 7.98. The van der Waals surface area contributed by atoms with Gasteiger partial charge in [-0.15, -0.1) is 0 Å². The summed E-state index contributed by atoms with van der Waals surface area (Å²) in [5, 5.41) is 2.89. The summed E-state index contributed by atoms with van der Waals surface area (Å²) in [5.74, 6) is -0.0331. The number of carbonyl (C=O) groups is 2. The highest BCUT2D eigenvalue weighted by atomic mass is 16.1. The molecule has 0 amide bonds. The molecular weight excluding hydrogens is 142 g/mol. The van der Waals surface area contributed by atoms with Crippen molar-refractivity contribution in [3.8, 4) is 0 Å². The maximum atomic E-state index is 11.0. The largest absolute Gasteiger partial charge is 0.382 e. The van der Waals surface area contributed by atoms with Crippen LogP contribution in [0.4, 0.5) is 0 Å². The zero-order valence-electron chi connectivity index (χ0n) is 6.52. The van der Waals surface area contributed by atoms with Gasteiger partial charge in [-0.05, 0) is 13.3 Å². The molecule has 60 valence electrons. The lowest BCUT2D eigenvalue weighted by Gasteiger charge is -2.14. The van der Waals surface area contributed by atoms with Crippen molar-refractivity contribution in [3.05, 3.63) is 11.8 Å². The minimum Gasteiger partial charge on any atom is -0.382 e. The molecule has 0 unspecified atom stereocenters. The summed E-state index contributed by atoms with van der Waals surface area (Å²) in [4.78, 5) is 21.6. The summed E-state index contributed by atoms with van der Waals surface area (Å²) < 4.78 is 0. The summed E-state index contributed by atoms with van der Waals surface area (Å²) in [6, 6.07) is 0. The average Bonchev–Trinajstić information content (AvgIpc) is 1.93. The number of hydrogen-bond acceptors (Lipinski definition) is 3. The fraction of sp³-hybridized carbons (Fsp3) is 0.500. The van der Waals surface area contributed by atoms with Gasteiger partial charge >= 0.3 is 0 Å². The molecule has 1 aliphatic rings. The minimum absolute atomic E-state index is 0.0476.